The van der Waals surface area contributed by atoms with Gasteiger partial charge in [-0.1, -0.05) is 24.6 Å². The average Bonchev–Trinajstić information content (AvgIpc) is 2.32. The van der Waals surface area contributed by atoms with E-state index in [-0.39, 0.29) is 17.5 Å². The first kappa shape index (κ1) is 15.5. The van der Waals surface area contributed by atoms with Gasteiger partial charge < -0.3 is 5.73 Å². The maximum absolute atomic E-state index is 11.4. The fraction of sp³-hybridized carbons (Fsp3) is 0.538. The van der Waals surface area contributed by atoms with Crippen LogP contribution in [0, 0.1) is 6.92 Å². The van der Waals surface area contributed by atoms with Crippen LogP contribution in [0.5, 0.6) is 0 Å². The predicted octanol–water partition coefficient (Wildman–Crippen LogP) is 2.86. The Morgan fingerprint density at radius 2 is 2.06 bits per heavy atom. The lowest BCUT2D eigenvalue weighted by molar-refractivity contribution is 0.583. The molecule has 1 unspecified atom stereocenters. The number of rotatable bonds is 6. The van der Waals surface area contributed by atoms with Gasteiger partial charge in [0.25, 0.3) is 0 Å². The van der Waals surface area contributed by atoms with E-state index in [0.29, 0.717) is 17.9 Å². The molecule has 1 aromatic rings. The average molecular weight is 290 g/mol. The third-order valence-corrected chi connectivity index (χ3v) is 5.08. The highest BCUT2D eigenvalue weighted by Gasteiger charge is 2.12. The fourth-order valence-corrected chi connectivity index (χ4v) is 2.91. The first-order valence-electron chi connectivity index (χ1n) is 6.08. The van der Waals surface area contributed by atoms with Crippen molar-refractivity contribution in [2.24, 2.45) is 5.73 Å². The smallest absolute Gasteiger partial charge is 0.150 e. The molecule has 0 spiro atoms. The van der Waals surface area contributed by atoms with Gasteiger partial charge in [-0.3, -0.25) is 0 Å². The van der Waals surface area contributed by atoms with Gasteiger partial charge in [0.2, 0.25) is 0 Å². The lowest BCUT2D eigenvalue weighted by Crippen LogP contribution is -2.15. The highest BCUT2D eigenvalue weighted by atomic mass is 35.5. The highest BCUT2D eigenvalue weighted by Crippen LogP contribution is 2.23. The summed E-state index contributed by atoms with van der Waals surface area (Å²) in [5.74, 6) is 0.398. The minimum absolute atomic E-state index is 0.157. The van der Waals surface area contributed by atoms with Crippen LogP contribution >= 0.6 is 11.6 Å². The number of hydrogen-bond donors (Lipinski definition) is 1. The molecule has 0 saturated heterocycles. The van der Waals surface area contributed by atoms with E-state index in [1.165, 1.54) is 0 Å². The molecule has 0 amide bonds. The summed E-state index contributed by atoms with van der Waals surface area (Å²) in [6.07, 6.45) is 1.24. The van der Waals surface area contributed by atoms with E-state index >= 15 is 0 Å². The van der Waals surface area contributed by atoms with E-state index in [9.17, 15) is 8.42 Å². The fourth-order valence-electron chi connectivity index (χ4n) is 1.83. The van der Waals surface area contributed by atoms with E-state index in [2.05, 4.69) is 0 Å². The van der Waals surface area contributed by atoms with Gasteiger partial charge >= 0.3 is 0 Å². The summed E-state index contributed by atoms with van der Waals surface area (Å²) in [5, 5.41) is 0.659. The molecule has 0 aliphatic carbocycles. The molecular formula is C13H20ClNO2S. The summed E-state index contributed by atoms with van der Waals surface area (Å²) in [5.41, 5.74) is 8.17. The number of aryl methyl sites for hydroxylation is 1. The summed E-state index contributed by atoms with van der Waals surface area (Å²) in [6, 6.07) is 5.46. The predicted molar refractivity (Wildman–Crippen MR) is 76.7 cm³/mol. The quantitative estimate of drug-likeness (QED) is 0.876. The molecule has 5 heteroatoms. The Kier molecular flexibility index (Phi) is 5.63. The van der Waals surface area contributed by atoms with Crippen LogP contribution in [0.25, 0.3) is 0 Å². The van der Waals surface area contributed by atoms with E-state index in [1.54, 1.807) is 6.92 Å². The van der Waals surface area contributed by atoms with Crippen molar-refractivity contribution in [3.05, 3.63) is 34.3 Å². The zero-order valence-corrected chi connectivity index (χ0v) is 12.4. The van der Waals surface area contributed by atoms with E-state index in [4.69, 9.17) is 17.3 Å². The van der Waals surface area contributed by atoms with E-state index < -0.39 is 9.84 Å². The normalized spacial score (nSPS) is 13.6. The molecule has 3 nitrogen and oxygen atoms in total. The summed E-state index contributed by atoms with van der Waals surface area (Å²) in [6.45, 7) is 3.64. The third-order valence-electron chi connectivity index (χ3n) is 3.05. The van der Waals surface area contributed by atoms with Crippen LogP contribution in [-0.2, 0) is 9.84 Å². The SMILES string of the molecule is CCS(=O)(=O)CCCC(N)c1cc(Cl)ccc1C. The Balaban J connectivity index is 2.61. The molecule has 0 aliphatic heterocycles. The number of sulfone groups is 1. The lowest BCUT2D eigenvalue weighted by Gasteiger charge is -2.15. The molecule has 0 bridgehead atoms. The molecule has 1 rings (SSSR count). The number of benzene rings is 1. The van der Waals surface area contributed by atoms with Crippen LogP contribution < -0.4 is 5.73 Å². The highest BCUT2D eigenvalue weighted by molar-refractivity contribution is 7.91. The van der Waals surface area contributed by atoms with Gasteiger partial charge in [-0.2, -0.15) is 0 Å². The van der Waals surface area contributed by atoms with Crippen LogP contribution in [0.3, 0.4) is 0 Å². The van der Waals surface area contributed by atoms with Crippen molar-refractivity contribution in [1.29, 1.82) is 0 Å². The Morgan fingerprint density at radius 1 is 1.39 bits per heavy atom. The molecule has 0 aliphatic rings. The van der Waals surface area contributed by atoms with Crippen molar-refractivity contribution in [2.45, 2.75) is 32.7 Å². The summed E-state index contributed by atoms with van der Waals surface area (Å²) < 4.78 is 22.8. The second-order valence-corrected chi connectivity index (χ2v) is 7.40. The first-order chi connectivity index (χ1) is 8.35. The zero-order chi connectivity index (χ0) is 13.8. The Bertz CT molecular complexity index is 500. The minimum Gasteiger partial charge on any atom is -0.324 e. The van der Waals surface area contributed by atoms with Crippen LogP contribution in [0.1, 0.15) is 36.9 Å². The first-order valence-corrected chi connectivity index (χ1v) is 8.27. The molecule has 0 heterocycles. The van der Waals surface area contributed by atoms with Gasteiger partial charge in [0, 0.05) is 16.8 Å². The van der Waals surface area contributed by atoms with Gasteiger partial charge in [0.1, 0.15) is 9.84 Å². The Labute approximate surface area is 114 Å². The summed E-state index contributed by atoms with van der Waals surface area (Å²) in [7, 11) is -2.90. The standard InChI is InChI=1S/C13H20ClNO2S/c1-3-18(16,17)8-4-5-13(15)12-9-11(14)7-6-10(12)2/h6-7,9,13H,3-5,8,15H2,1-2H3. The van der Waals surface area contributed by atoms with Crippen LogP contribution in [0.4, 0.5) is 0 Å². The van der Waals surface area contributed by atoms with Gasteiger partial charge in [-0.25, -0.2) is 8.42 Å². The van der Waals surface area contributed by atoms with Crippen molar-refractivity contribution in [3.8, 4) is 0 Å². The van der Waals surface area contributed by atoms with Crippen molar-refractivity contribution >= 4 is 21.4 Å². The monoisotopic (exact) mass is 289 g/mol. The van der Waals surface area contributed by atoms with Gasteiger partial charge in [-0.05, 0) is 43.0 Å². The van der Waals surface area contributed by atoms with E-state index in [0.717, 1.165) is 11.1 Å². The Hall–Kier alpha value is -0.580. The van der Waals surface area contributed by atoms with Gasteiger partial charge in [0.05, 0.1) is 5.75 Å². The molecule has 2 N–H and O–H groups in total. The van der Waals surface area contributed by atoms with Crippen molar-refractivity contribution in [3.63, 3.8) is 0 Å². The second-order valence-electron chi connectivity index (χ2n) is 4.49. The second kappa shape index (κ2) is 6.55. The minimum atomic E-state index is -2.90. The molecule has 102 valence electrons. The maximum Gasteiger partial charge on any atom is 0.150 e. The van der Waals surface area contributed by atoms with Crippen molar-refractivity contribution in [2.75, 3.05) is 11.5 Å². The largest absolute Gasteiger partial charge is 0.324 e. The zero-order valence-electron chi connectivity index (χ0n) is 10.8. The number of halogens is 1. The van der Waals surface area contributed by atoms with Crippen LogP contribution in [0.2, 0.25) is 5.02 Å². The topological polar surface area (TPSA) is 60.2 Å². The van der Waals surface area contributed by atoms with Crippen molar-refractivity contribution < 1.29 is 8.42 Å². The molecule has 0 aromatic heterocycles. The number of nitrogens with two attached hydrogens (primary N) is 1. The summed E-state index contributed by atoms with van der Waals surface area (Å²) in [4.78, 5) is 0. The lowest BCUT2D eigenvalue weighted by atomic mass is 9.99. The van der Waals surface area contributed by atoms with Crippen LogP contribution in [-0.4, -0.2) is 19.9 Å². The molecule has 0 fully saturated rings. The maximum atomic E-state index is 11.4. The van der Waals surface area contributed by atoms with Gasteiger partial charge in [-0.15, -0.1) is 0 Å². The van der Waals surface area contributed by atoms with E-state index in [1.807, 2.05) is 25.1 Å². The van der Waals surface area contributed by atoms with Crippen molar-refractivity contribution in [1.82, 2.24) is 0 Å². The molecular weight excluding hydrogens is 270 g/mol. The molecule has 1 aromatic carbocycles. The van der Waals surface area contributed by atoms with Crippen LogP contribution in [0.15, 0.2) is 18.2 Å². The summed E-state index contributed by atoms with van der Waals surface area (Å²) >= 11 is 5.94. The number of hydrogen-bond acceptors (Lipinski definition) is 3. The molecule has 0 saturated carbocycles. The molecule has 18 heavy (non-hydrogen) atoms. The Morgan fingerprint density at radius 3 is 2.67 bits per heavy atom. The third kappa shape index (κ3) is 4.59. The van der Waals surface area contributed by atoms with Gasteiger partial charge in [0.15, 0.2) is 0 Å². The molecule has 0 radical (unpaired) electrons. The molecule has 1 atom stereocenters.